The number of amides is 1. The maximum absolute atomic E-state index is 12.0. The average molecular weight is 386 g/mol. The van der Waals surface area contributed by atoms with Crippen LogP contribution in [-0.2, 0) is 11.2 Å². The molecule has 4 heteroatoms. The molecule has 2 rings (SSSR count). The number of nitrogens with two attached hydrogens (primary N) is 1. The molecular weight excluding hydrogens is 363 g/mol. The summed E-state index contributed by atoms with van der Waals surface area (Å²) in [5.74, 6) is 0.828. The lowest BCUT2D eigenvalue weighted by molar-refractivity contribution is -0.130. The molecule has 1 saturated heterocycles. The van der Waals surface area contributed by atoms with Gasteiger partial charge in [0, 0.05) is 23.1 Å². The Hall–Kier alpha value is -0.620. The molecule has 1 aromatic rings. The molecule has 1 aliphatic rings. The third-order valence-corrected chi connectivity index (χ3v) is 4.71. The summed E-state index contributed by atoms with van der Waals surface area (Å²) < 4.78 is 1.27. The first-order valence-corrected chi connectivity index (χ1v) is 8.49. The molecule has 1 aliphatic heterocycles. The average Bonchev–Trinajstić information content (AvgIpc) is 2.94. The fraction of sp³-hybridized carbons (Fsp3) is 0.562. The molecule has 0 radical (unpaired) electrons. The van der Waals surface area contributed by atoms with Crippen molar-refractivity contribution in [2.75, 3.05) is 19.6 Å². The zero-order chi connectivity index (χ0) is 14.4. The molecule has 0 aromatic heterocycles. The van der Waals surface area contributed by atoms with Gasteiger partial charge in [0.05, 0.1) is 0 Å². The van der Waals surface area contributed by atoms with Gasteiger partial charge in [-0.3, -0.25) is 4.79 Å². The topological polar surface area (TPSA) is 46.3 Å². The normalized spacial score (nSPS) is 18.5. The Morgan fingerprint density at radius 3 is 2.70 bits per heavy atom. The van der Waals surface area contributed by atoms with Crippen molar-refractivity contribution in [1.82, 2.24) is 4.90 Å². The van der Waals surface area contributed by atoms with E-state index in [2.05, 4.69) is 46.9 Å². The van der Waals surface area contributed by atoms with E-state index in [1.54, 1.807) is 0 Å². The molecule has 1 amide bonds. The lowest BCUT2D eigenvalue weighted by Crippen LogP contribution is -2.29. The van der Waals surface area contributed by atoms with Crippen molar-refractivity contribution in [2.24, 2.45) is 11.7 Å². The van der Waals surface area contributed by atoms with E-state index in [0.29, 0.717) is 24.8 Å². The lowest BCUT2D eigenvalue weighted by Gasteiger charge is -2.16. The third-order valence-electron chi connectivity index (χ3n) is 3.99. The van der Waals surface area contributed by atoms with Crippen LogP contribution in [0.5, 0.6) is 0 Å². The molecule has 0 saturated carbocycles. The van der Waals surface area contributed by atoms with Crippen molar-refractivity contribution in [3.05, 3.63) is 33.4 Å². The second-order valence-electron chi connectivity index (χ2n) is 5.56. The molecule has 3 nitrogen and oxygen atoms in total. The fourth-order valence-electron chi connectivity index (χ4n) is 2.67. The van der Waals surface area contributed by atoms with E-state index in [-0.39, 0.29) is 0 Å². The number of hydrogen-bond acceptors (Lipinski definition) is 2. The van der Waals surface area contributed by atoms with Crippen LogP contribution in [0.4, 0.5) is 0 Å². The monoisotopic (exact) mass is 386 g/mol. The molecule has 2 N–H and O–H groups in total. The quantitative estimate of drug-likeness (QED) is 0.604. The summed E-state index contributed by atoms with van der Waals surface area (Å²) in [5, 5.41) is 0. The molecule has 0 aliphatic carbocycles. The standard InChI is InChI=1S/C16H23IN2O/c17-15-7-5-13(6-8-15)3-1-2-4-16(20)19-10-9-14(11-18)12-19/h5-8,14H,1-4,9-12,18H2. The molecule has 1 unspecified atom stereocenters. The molecule has 0 bridgehead atoms. The summed E-state index contributed by atoms with van der Waals surface area (Å²) in [6.07, 6.45) is 4.89. The highest BCUT2D eigenvalue weighted by Crippen LogP contribution is 2.17. The van der Waals surface area contributed by atoms with Gasteiger partial charge in [-0.1, -0.05) is 12.1 Å². The predicted octanol–water partition coefficient (Wildman–Crippen LogP) is 2.81. The molecule has 1 fully saturated rings. The lowest BCUT2D eigenvalue weighted by atomic mass is 10.1. The predicted molar refractivity (Wildman–Crippen MR) is 90.5 cm³/mol. The molecule has 20 heavy (non-hydrogen) atoms. The first kappa shape index (κ1) is 15.8. The van der Waals surface area contributed by atoms with Crippen LogP contribution in [0.1, 0.15) is 31.2 Å². The van der Waals surface area contributed by atoms with Crippen LogP contribution >= 0.6 is 22.6 Å². The second-order valence-corrected chi connectivity index (χ2v) is 6.81. The Bertz CT molecular complexity index is 433. The number of aryl methyl sites for hydroxylation is 1. The highest BCUT2D eigenvalue weighted by molar-refractivity contribution is 14.1. The Labute approximate surface area is 135 Å². The van der Waals surface area contributed by atoms with Crippen molar-refractivity contribution >= 4 is 28.5 Å². The smallest absolute Gasteiger partial charge is 0.222 e. The number of carbonyl (C=O) groups excluding carboxylic acids is 1. The first-order valence-electron chi connectivity index (χ1n) is 7.41. The van der Waals surface area contributed by atoms with Gasteiger partial charge in [-0.2, -0.15) is 0 Å². The summed E-state index contributed by atoms with van der Waals surface area (Å²) >= 11 is 2.32. The zero-order valence-corrected chi connectivity index (χ0v) is 14.0. The number of carbonyl (C=O) groups is 1. The number of benzene rings is 1. The van der Waals surface area contributed by atoms with Gasteiger partial charge in [0.1, 0.15) is 0 Å². The van der Waals surface area contributed by atoms with Gasteiger partial charge in [-0.05, 0) is 78.4 Å². The zero-order valence-electron chi connectivity index (χ0n) is 11.9. The van der Waals surface area contributed by atoms with E-state index in [4.69, 9.17) is 5.73 Å². The number of likely N-dealkylation sites (tertiary alicyclic amines) is 1. The van der Waals surface area contributed by atoms with E-state index < -0.39 is 0 Å². The SMILES string of the molecule is NCC1CCN(C(=O)CCCCc2ccc(I)cc2)C1. The van der Waals surface area contributed by atoms with Crippen molar-refractivity contribution in [3.63, 3.8) is 0 Å². The largest absolute Gasteiger partial charge is 0.342 e. The molecule has 0 spiro atoms. The maximum Gasteiger partial charge on any atom is 0.222 e. The number of unbranched alkanes of at least 4 members (excludes halogenated alkanes) is 1. The first-order chi connectivity index (χ1) is 9.69. The van der Waals surface area contributed by atoms with Gasteiger partial charge >= 0.3 is 0 Å². The fourth-order valence-corrected chi connectivity index (χ4v) is 3.03. The minimum absolute atomic E-state index is 0.309. The van der Waals surface area contributed by atoms with Gasteiger partial charge in [0.2, 0.25) is 5.91 Å². The Morgan fingerprint density at radius 1 is 1.30 bits per heavy atom. The van der Waals surface area contributed by atoms with E-state index in [0.717, 1.165) is 38.8 Å². The number of nitrogens with zero attached hydrogens (tertiary/aromatic N) is 1. The highest BCUT2D eigenvalue weighted by Gasteiger charge is 2.24. The van der Waals surface area contributed by atoms with E-state index in [9.17, 15) is 4.79 Å². The van der Waals surface area contributed by atoms with Crippen LogP contribution in [0, 0.1) is 9.49 Å². The molecule has 1 atom stereocenters. The minimum Gasteiger partial charge on any atom is -0.342 e. The maximum atomic E-state index is 12.0. The summed E-state index contributed by atoms with van der Waals surface area (Å²) in [4.78, 5) is 14.0. The molecule has 110 valence electrons. The van der Waals surface area contributed by atoms with Crippen molar-refractivity contribution in [1.29, 1.82) is 0 Å². The Balaban J connectivity index is 1.63. The van der Waals surface area contributed by atoms with E-state index >= 15 is 0 Å². The molecule has 1 heterocycles. The van der Waals surface area contributed by atoms with Crippen LogP contribution in [0.25, 0.3) is 0 Å². The van der Waals surface area contributed by atoms with E-state index in [1.165, 1.54) is 9.13 Å². The van der Waals surface area contributed by atoms with Crippen molar-refractivity contribution < 1.29 is 4.79 Å². The number of halogens is 1. The second kappa shape index (κ2) is 7.98. The van der Waals surface area contributed by atoms with Crippen molar-refractivity contribution in [2.45, 2.75) is 32.1 Å². The van der Waals surface area contributed by atoms with Crippen LogP contribution in [0.15, 0.2) is 24.3 Å². The number of rotatable bonds is 6. The van der Waals surface area contributed by atoms with Gasteiger partial charge in [0.15, 0.2) is 0 Å². The molecule has 1 aromatic carbocycles. The summed E-state index contributed by atoms with van der Waals surface area (Å²) in [6.45, 7) is 2.47. The summed E-state index contributed by atoms with van der Waals surface area (Å²) in [6, 6.07) is 8.63. The Kier molecular flexibility index (Phi) is 6.29. The van der Waals surface area contributed by atoms with Gasteiger partial charge in [-0.25, -0.2) is 0 Å². The summed E-state index contributed by atoms with van der Waals surface area (Å²) in [7, 11) is 0. The minimum atomic E-state index is 0.309. The van der Waals surface area contributed by atoms with Gasteiger partial charge in [-0.15, -0.1) is 0 Å². The van der Waals surface area contributed by atoms with Crippen LogP contribution in [0.2, 0.25) is 0 Å². The van der Waals surface area contributed by atoms with Crippen LogP contribution in [-0.4, -0.2) is 30.4 Å². The van der Waals surface area contributed by atoms with Crippen LogP contribution in [0.3, 0.4) is 0 Å². The summed E-state index contributed by atoms with van der Waals surface area (Å²) in [5.41, 5.74) is 7.02. The third kappa shape index (κ3) is 4.74. The molecular formula is C16H23IN2O. The Morgan fingerprint density at radius 2 is 2.05 bits per heavy atom. The van der Waals surface area contributed by atoms with E-state index in [1.807, 2.05) is 4.90 Å². The van der Waals surface area contributed by atoms with Crippen LogP contribution < -0.4 is 5.73 Å². The number of hydrogen-bond donors (Lipinski definition) is 1. The van der Waals surface area contributed by atoms with Gasteiger partial charge < -0.3 is 10.6 Å². The highest BCUT2D eigenvalue weighted by atomic mass is 127. The van der Waals surface area contributed by atoms with Crippen molar-refractivity contribution in [3.8, 4) is 0 Å². The van der Waals surface area contributed by atoms with Gasteiger partial charge in [0.25, 0.3) is 0 Å².